The summed E-state index contributed by atoms with van der Waals surface area (Å²) in [6.07, 6.45) is 2.01. The van der Waals surface area contributed by atoms with Crippen LogP contribution < -0.4 is 9.47 Å². The van der Waals surface area contributed by atoms with E-state index in [0.29, 0.717) is 24.6 Å². The predicted octanol–water partition coefficient (Wildman–Crippen LogP) is 6.42. The highest BCUT2D eigenvalue weighted by atomic mass is 19.2. The highest BCUT2D eigenvalue weighted by molar-refractivity contribution is 5.82. The third-order valence-corrected chi connectivity index (χ3v) is 7.60. The molecule has 0 fully saturated rings. The summed E-state index contributed by atoms with van der Waals surface area (Å²) in [6, 6.07) is 10.2. The van der Waals surface area contributed by atoms with Crippen molar-refractivity contribution in [1.29, 1.82) is 0 Å². The van der Waals surface area contributed by atoms with Gasteiger partial charge >= 0.3 is 5.97 Å². The van der Waals surface area contributed by atoms with E-state index in [-0.39, 0.29) is 40.9 Å². The second kappa shape index (κ2) is 10.2. The average Bonchev–Trinajstić information content (AvgIpc) is 3.62. The van der Waals surface area contributed by atoms with E-state index in [2.05, 4.69) is 15.1 Å². The number of halogens is 4. The summed E-state index contributed by atoms with van der Waals surface area (Å²) in [5.74, 6) is -5.56. The molecule has 216 valence electrons. The minimum atomic E-state index is -1.52. The van der Waals surface area contributed by atoms with Gasteiger partial charge in [0.15, 0.2) is 23.3 Å². The number of carbonyl (C=O) groups is 1. The number of H-pyrrole nitrogens is 1. The maximum atomic E-state index is 15.1. The van der Waals surface area contributed by atoms with Crippen molar-refractivity contribution < 1.29 is 36.9 Å². The maximum Gasteiger partial charge on any atom is 0.303 e. The van der Waals surface area contributed by atoms with Gasteiger partial charge in [0.05, 0.1) is 23.1 Å². The summed E-state index contributed by atoms with van der Waals surface area (Å²) in [5, 5.41) is 13.5. The number of ether oxygens (including phenoxy) is 2. The molecular formula is C30H24F4N4O4. The Morgan fingerprint density at radius 2 is 1.95 bits per heavy atom. The molecule has 0 spiro atoms. The summed E-state index contributed by atoms with van der Waals surface area (Å²) in [4.78, 5) is 18.3. The monoisotopic (exact) mass is 580 g/mol. The number of aromatic nitrogens is 4. The largest absolute Gasteiger partial charge is 0.493 e. The van der Waals surface area contributed by atoms with Gasteiger partial charge in [0, 0.05) is 30.6 Å². The number of hydrogen-bond donors (Lipinski definition) is 2. The summed E-state index contributed by atoms with van der Waals surface area (Å²) in [7, 11) is 1.58. The van der Waals surface area contributed by atoms with E-state index >= 15 is 4.39 Å². The van der Waals surface area contributed by atoms with E-state index in [4.69, 9.17) is 14.6 Å². The van der Waals surface area contributed by atoms with Crippen molar-refractivity contribution in [2.75, 3.05) is 6.61 Å². The van der Waals surface area contributed by atoms with Crippen LogP contribution in [0.1, 0.15) is 36.7 Å². The molecule has 0 aliphatic carbocycles. The molecule has 0 amide bonds. The van der Waals surface area contributed by atoms with Crippen molar-refractivity contribution in [1.82, 2.24) is 19.7 Å². The Morgan fingerprint density at radius 3 is 2.74 bits per heavy atom. The van der Waals surface area contributed by atoms with Gasteiger partial charge < -0.3 is 19.6 Å². The van der Waals surface area contributed by atoms with E-state index in [1.54, 1.807) is 7.05 Å². The number of aliphatic carboxylic acids is 1. The smallest absolute Gasteiger partial charge is 0.303 e. The lowest BCUT2D eigenvalue weighted by Gasteiger charge is -2.34. The van der Waals surface area contributed by atoms with Crippen LogP contribution in [0.25, 0.3) is 22.3 Å². The number of hydrogen-bond acceptors (Lipinski definition) is 5. The van der Waals surface area contributed by atoms with Crippen molar-refractivity contribution >= 4 is 16.9 Å². The van der Waals surface area contributed by atoms with Crippen LogP contribution in [0, 0.1) is 23.3 Å². The highest BCUT2D eigenvalue weighted by Crippen LogP contribution is 2.45. The molecule has 1 aliphatic heterocycles. The third-order valence-electron chi connectivity index (χ3n) is 7.60. The highest BCUT2D eigenvalue weighted by Gasteiger charge is 2.40. The van der Waals surface area contributed by atoms with Gasteiger partial charge in [-0.25, -0.2) is 22.8 Å². The second-order valence-electron chi connectivity index (χ2n) is 10.3. The Kier molecular flexibility index (Phi) is 6.63. The molecule has 3 aromatic carbocycles. The Hall–Kier alpha value is -4.87. The lowest BCUT2D eigenvalue weighted by Crippen LogP contribution is -2.33. The molecule has 0 saturated heterocycles. The molecule has 0 radical (unpaired) electrons. The normalized spacial score (nSPS) is 16.3. The fraction of sp³-hybridized carbons (Fsp3) is 0.233. The summed E-state index contributed by atoms with van der Waals surface area (Å²) < 4.78 is 72.1. The van der Waals surface area contributed by atoms with E-state index in [9.17, 15) is 18.0 Å². The van der Waals surface area contributed by atoms with Crippen LogP contribution in [0.3, 0.4) is 0 Å². The Morgan fingerprint density at radius 1 is 1.14 bits per heavy atom. The van der Waals surface area contributed by atoms with Gasteiger partial charge in [-0.05, 0) is 49.6 Å². The van der Waals surface area contributed by atoms with Crippen molar-refractivity contribution in [3.63, 3.8) is 0 Å². The number of nitrogens with one attached hydrogen (secondary N) is 1. The number of nitrogens with zero attached hydrogens (tertiary/aromatic N) is 3. The topological polar surface area (TPSA) is 102 Å². The van der Waals surface area contributed by atoms with Crippen LogP contribution >= 0.6 is 0 Å². The first-order valence-corrected chi connectivity index (χ1v) is 13.1. The Bertz CT molecular complexity index is 1870. The molecule has 5 aromatic rings. The molecule has 1 atom stereocenters. The number of benzene rings is 3. The fourth-order valence-corrected chi connectivity index (χ4v) is 5.31. The second-order valence-corrected chi connectivity index (χ2v) is 10.3. The zero-order valence-corrected chi connectivity index (χ0v) is 22.5. The van der Waals surface area contributed by atoms with Crippen LogP contribution in [0.2, 0.25) is 0 Å². The number of para-hydroxylation sites is 1. The quantitative estimate of drug-likeness (QED) is 0.170. The number of carboxylic acid groups (broad SMARTS) is 1. The van der Waals surface area contributed by atoms with Crippen LogP contribution in [0.15, 0.2) is 48.7 Å². The number of rotatable bonds is 7. The average molecular weight is 581 g/mol. The minimum Gasteiger partial charge on any atom is -0.493 e. The van der Waals surface area contributed by atoms with Gasteiger partial charge in [0.1, 0.15) is 17.3 Å². The van der Waals surface area contributed by atoms with E-state index in [1.165, 1.54) is 29.1 Å². The summed E-state index contributed by atoms with van der Waals surface area (Å²) >= 11 is 0. The molecule has 2 aromatic heterocycles. The lowest BCUT2D eigenvalue weighted by atomic mass is 9.76. The van der Waals surface area contributed by atoms with Gasteiger partial charge in [-0.2, -0.15) is 9.49 Å². The van der Waals surface area contributed by atoms with Crippen LogP contribution in [-0.4, -0.2) is 37.4 Å². The van der Waals surface area contributed by atoms with E-state index in [1.807, 2.05) is 25.1 Å². The molecule has 3 heterocycles. The van der Waals surface area contributed by atoms with Crippen molar-refractivity contribution in [3.05, 3.63) is 88.9 Å². The molecule has 42 heavy (non-hydrogen) atoms. The van der Waals surface area contributed by atoms with Crippen LogP contribution in [0.5, 0.6) is 17.2 Å². The molecular weight excluding hydrogens is 556 g/mol. The summed E-state index contributed by atoms with van der Waals surface area (Å²) in [5.41, 5.74) is 0.397. The van der Waals surface area contributed by atoms with Gasteiger partial charge in [0.2, 0.25) is 11.6 Å². The molecule has 0 bridgehead atoms. The van der Waals surface area contributed by atoms with Gasteiger partial charge in [0.25, 0.3) is 0 Å². The molecule has 6 rings (SSSR count). The molecule has 0 unspecified atom stereocenters. The first-order chi connectivity index (χ1) is 20.1. The summed E-state index contributed by atoms with van der Waals surface area (Å²) in [6.45, 7) is 2.26. The molecule has 2 N–H and O–H groups in total. The van der Waals surface area contributed by atoms with Gasteiger partial charge in [-0.3, -0.25) is 4.79 Å². The van der Waals surface area contributed by atoms with Crippen LogP contribution in [0.4, 0.5) is 17.6 Å². The van der Waals surface area contributed by atoms with Crippen molar-refractivity contribution in [2.45, 2.75) is 31.6 Å². The number of aryl methyl sites for hydroxylation is 2. The molecule has 8 nitrogen and oxygen atoms in total. The zero-order valence-electron chi connectivity index (χ0n) is 22.5. The first kappa shape index (κ1) is 27.3. The van der Waals surface area contributed by atoms with Crippen molar-refractivity contribution in [3.8, 4) is 28.6 Å². The Labute approximate surface area is 236 Å². The minimum absolute atomic E-state index is 0.0520. The predicted molar refractivity (Wildman–Crippen MR) is 144 cm³/mol. The van der Waals surface area contributed by atoms with Crippen LogP contribution in [-0.2, 0) is 23.7 Å². The number of carboxylic acids is 1. The molecule has 12 heteroatoms. The van der Waals surface area contributed by atoms with Gasteiger partial charge in [-0.1, -0.05) is 18.2 Å². The first-order valence-electron chi connectivity index (χ1n) is 13.1. The number of fused-ring (bicyclic) bond motifs is 2. The standard InChI is InChI=1S/C30H24F4N4O4/c1-30(11-13-41-26-15(6-9-21(39)40)4-3-5-19(26)30)29-36-28(38(2)37-29)18-14-16(7-8-20(18)31)42-27-22(32)17-10-12-35-25(17)23(33)24(27)34/h3-5,7-8,10,12,14,35H,6,9,11,13H2,1-2H3,(H,39,40)/t30-/m0/s1. The SMILES string of the molecule is Cn1nc([C@@]2(C)CCOc3c(CCC(=O)O)cccc32)nc1-c1cc(Oc2c(F)c(F)c3[nH]ccc3c2F)ccc1F. The molecule has 1 aliphatic rings. The number of aromatic amines is 1. The Balaban J connectivity index is 1.37. The maximum absolute atomic E-state index is 15.1. The lowest BCUT2D eigenvalue weighted by molar-refractivity contribution is -0.136. The zero-order chi connectivity index (χ0) is 29.8. The fourth-order valence-electron chi connectivity index (χ4n) is 5.31. The molecule has 0 saturated carbocycles. The van der Waals surface area contributed by atoms with E-state index in [0.717, 1.165) is 17.2 Å². The van der Waals surface area contributed by atoms with E-state index < -0.39 is 40.4 Å². The third kappa shape index (κ3) is 4.43. The van der Waals surface area contributed by atoms with Crippen molar-refractivity contribution in [2.24, 2.45) is 7.05 Å². The van der Waals surface area contributed by atoms with Gasteiger partial charge in [-0.15, -0.1) is 0 Å².